The number of unbranched alkanes of at least 4 members (excludes halogenated alkanes) is 1. The standard InChI is InChI=1S/C14H28N6/c1-6-9-11-20(8-3)14-17-12(15-10-7-2)16-13(18-14)19(4)5/h6-11H2,1-5H3,(H,15,16,17,18). The van der Waals surface area contributed by atoms with Gasteiger partial charge in [0, 0.05) is 33.7 Å². The molecular formula is C14H28N6. The molecular weight excluding hydrogens is 252 g/mol. The summed E-state index contributed by atoms with van der Waals surface area (Å²) >= 11 is 0. The van der Waals surface area contributed by atoms with Gasteiger partial charge in [-0.15, -0.1) is 0 Å². The van der Waals surface area contributed by atoms with Gasteiger partial charge in [0.1, 0.15) is 0 Å². The topological polar surface area (TPSA) is 57.2 Å². The highest BCUT2D eigenvalue weighted by Gasteiger charge is 2.12. The monoisotopic (exact) mass is 280 g/mol. The Labute approximate surface area is 122 Å². The van der Waals surface area contributed by atoms with E-state index in [1.165, 1.54) is 6.42 Å². The summed E-state index contributed by atoms with van der Waals surface area (Å²) < 4.78 is 0. The molecule has 0 radical (unpaired) electrons. The second-order valence-corrected chi connectivity index (χ2v) is 5.01. The first kappa shape index (κ1) is 16.5. The van der Waals surface area contributed by atoms with Crippen molar-refractivity contribution in [1.29, 1.82) is 0 Å². The molecule has 1 heterocycles. The van der Waals surface area contributed by atoms with Crippen LogP contribution in [-0.2, 0) is 0 Å². The van der Waals surface area contributed by atoms with Crippen LogP contribution in [0.2, 0.25) is 0 Å². The predicted molar refractivity (Wildman–Crippen MR) is 85.7 cm³/mol. The predicted octanol–water partition coefficient (Wildman–Crippen LogP) is 2.39. The Morgan fingerprint density at radius 2 is 1.65 bits per heavy atom. The van der Waals surface area contributed by atoms with Crippen molar-refractivity contribution >= 4 is 17.8 Å². The molecule has 0 aliphatic heterocycles. The van der Waals surface area contributed by atoms with E-state index in [0.29, 0.717) is 11.9 Å². The normalized spacial score (nSPS) is 10.4. The van der Waals surface area contributed by atoms with Gasteiger partial charge in [0.2, 0.25) is 17.8 Å². The fraction of sp³-hybridized carbons (Fsp3) is 0.786. The molecule has 0 saturated heterocycles. The van der Waals surface area contributed by atoms with Gasteiger partial charge in [-0.2, -0.15) is 15.0 Å². The number of nitrogens with zero attached hydrogens (tertiary/aromatic N) is 5. The average molecular weight is 280 g/mol. The molecule has 0 spiro atoms. The molecule has 6 nitrogen and oxygen atoms in total. The zero-order valence-corrected chi connectivity index (χ0v) is 13.5. The minimum Gasteiger partial charge on any atom is -0.354 e. The first-order valence-electron chi connectivity index (χ1n) is 7.54. The van der Waals surface area contributed by atoms with E-state index in [2.05, 4.69) is 45.9 Å². The second-order valence-electron chi connectivity index (χ2n) is 5.01. The molecule has 0 aliphatic rings. The average Bonchev–Trinajstić information content (AvgIpc) is 2.45. The first-order chi connectivity index (χ1) is 9.62. The maximum absolute atomic E-state index is 4.55. The van der Waals surface area contributed by atoms with Crippen LogP contribution in [0.5, 0.6) is 0 Å². The van der Waals surface area contributed by atoms with Crippen LogP contribution >= 0.6 is 0 Å². The van der Waals surface area contributed by atoms with Crippen LogP contribution in [0.15, 0.2) is 0 Å². The molecule has 0 saturated carbocycles. The molecule has 0 amide bonds. The zero-order chi connectivity index (χ0) is 15.0. The third kappa shape index (κ3) is 4.83. The van der Waals surface area contributed by atoms with Crippen LogP contribution in [0.4, 0.5) is 17.8 Å². The molecule has 1 aromatic heterocycles. The molecule has 1 aromatic rings. The Balaban J connectivity index is 2.99. The van der Waals surface area contributed by atoms with Crippen molar-refractivity contribution in [3.05, 3.63) is 0 Å². The van der Waals surface area contributed by atoms with Crippen molar-refractivity contribution in [2.45, 2.75) is 40.0 Å². The van der Waals surface area contributed by atoms with Gasteiger partial charge < -0.3 is 15.1 Å². The maximum atomic E-state index is 4.55. The fourth-order valence-corrected chi connectivity index (χ4v) is 1.76. The van der Waals surface area contributed by atoms with Crippen molar-refractivity contribution in [1.82, 2.24) is 15.0 Å². The van der Waals surface area contributed by atoms with Crippen molar-refractivity contribution in [3.63, 3.8) is 0 Å². The van der Waals surface area contributed by atoms with E-state index in [9.17, 15) is 0 Å². The number of hydrogen-bond acceptors (Lipinski definition) is 6. The van der Waals surface area contributed by atoms with E-state index in [-0.39, 0.29) is 0 Å². The largest absolute Gasteiger partial charge is 0.354 e. The van der Waals surface area contributed by atoms with E-state index in [1.54, 1.807) is 0 Å². The SMILES string of the molecule is CCCCN(CC)c1nc(NCCC)nc(N(C)C)n1. The number of hydrogen-bond donors (Lipinski definition) is 1. The third-order valence-electron chi connectivity index (χ3n) is 2.99. The number of aromatic nitrogens is 3. The van der Waals surface area contributed by atoms with Crippen molar-refractivity contribution < 1.29 is 0 Å². The summed E-state index contributed by atoms with van der Waals surface area (Å²) in [5.74, 6) is 2.12. The van der Waals surface area contributed by atoms with Gasteiger partial charge in [-0.25, -0.2) is 0 Å². The van der Waals surface area contributed by atoms with Gasteiger partial charge >= 0.3 is 0 Å². The van der Waals surface area contributed by atoms with Gasteiger partial charge in [-0.1, -0.05) is 20.3 Å². The van der Waals surface area contributed by atoms with Crippen molar-refractivity contribution in [2.24, 2.45) is 0 Å². The van der Waals surface area contributed by atoms with Crippen LogP contribution in [0.25, 0.3) is 0 Å². The number of anilines is 3. The van der Waals surface area contributed by atoms with E-state index in [4.69, 9.17) is 0 Å². The van der Waals surface area contributed by atoms with Gasteiger partial charge in [0.05, 0.1) is 0 Å². The van der Waals surface area contributed by atoms with Crippen molar-refractivity contribution in [3.8, 4) is 0 Å². The lowest BCUT2D eigenvalue weighted by atomic mass is 10.3. The first-order valence-corrected chi connectivity index (χ1v) is 7.54. The molecule has 0 atom stereocenters. The molecule has 1 rings (SSSR count). The lowest BCUT2D eigenvalue weighted by Gasteiger charge is -2.22. The summed E-state index contributed by atoms with van der Waals surface area (Å²) in [6.07, 6.45) is 3.36. The van der Waals surface area contributed by atoms with Gasteiger partial charge in [0.15, 0.2) is 0 Å². The van der Waals surface area contributed by atoms with E-state index in [0.717, 1.165) is 38.4 Å². The maximum Gasteiger partial charge on any atom is 0.231 e. The Hall–Kier alpha value is -1.59. The third-order valence-corrected chi connectivity index (χ3v) is 2.99. The Morgan fingerprint density at radius 3 is 2.20 bits per heavy atom. The van der Waals surface area contributed by atoms with Crippen molar-refractivity contribution in [2.75, 3.05) is 48.8 Å². The Kier molecular flexibility index (Phi) is 7.04. The summed E-state index contributed by atoms with van der Waals surface area (Å²) in [4.78, 5) is 17.6. The summed E-state index contributed by atoms with van der Waals surface area (Å²) in [5, 5.41) is 3.25. The van der Waals surface area contributed by atoms with Crippen LogP contribution in [-0.4, -0.2) is 48.7 Å². The minimum atomic E-state index is 0.662. The van der Waals surface area contributed by atoms with Gasteiger partial charge in [0.25, 0.3) is 0 Å². The summed E-state index contributed by atoms with van der Waals surface area (Å²) in [6.45, 7) is 9.22. The molecule has 0 bridgehead atoms. The number of nitrogens with one attached hydrogen (secondary N) is 1. The van der Waals surface area contributed by atoms with Crippen LogP contribution in [0.1, 0.15) is 40.0 Å². The highest BCUT2D eigenvalue weighted by atomic mass is 15.3. The molecule has 6 heteroatoms. The van der Waals surface area contributed by atoms with Gasteiger partial charge in [-0.3, -0.25) is 0 Å². The zero-order valence-electron chi connectivity index (χ0n) is 13.5. The second kappa shape index (κ2) is 8.55. The molecule has 0 unspecified atom stereocenters. The quantitative estimate of drug-likeness (QED) is 0.749. The molecule has 1 N–H and O–H groups in total. The Morgan fingerprint density at radius 1 is 0.950 bits per heavy atom. The molecule has 20 heavy (non-hydrogen) atoms. The van der Waals surface area contributed by atoms with Crippen LogP contribution in [0.3, 0.4) is 0 Å². The lowest BCUT2D eigenvalue weighted by Crippen LogP contribution is -2.28. The number of rotatable bonds is 9. The fourth-order valence-electron chi connectivity index (χ4n) is 1.76. The summed E-state index contributed by atoms with van der Waals surface area (Å²) in [6, 6.07) is 0. The molecule has 114 valence electrons. The van der Waals surface area contributed by atoms with Gasteiger partial charge in [-0.05, 0) is 19.8 Å². The molecule has 0 aromatic carbocycles. The Bertz CT molecular complexity index is 393. The smallest absolute Gasteiger partial charge is 0.231 e. The van der Waals surface area contributed by atoms with E-state index >= 15 is 0 Å². The van der Waals surface area contributed by atoms with E-state index in [1.807, 2.05) is 19.0 Å². The van der Waals surface area contributed by atoms with Crippen LogP contribution < -0.4 is 15.1 Å². The van der Waals surface area contributed by atoms with E-state index < -0.39 is 0 Å². The summed E-state index contributed by atoms with van der Waals surface area (Å²) in [5.41, 5.74) is 0. The lowest BCUT2D eigenvalue weighted by molar-refractivity contribution is 0.710. The van der Waals surface area contributed by atoms with Crippen LogP contribution in [0, 0.1) is 0 Å². The highest BCUT2D eigenvalue weighted by molar-refractivity contribution is 5.44. The molecule has 0 fully saturated rings. The highest BCUT2D eigenvalue weighted by Crippen LogP contribution is 2.15. The summed E-state index contributed by atoms with van der Waals surface area (Å²) in [7, 11) is 3.90. The minimum absolute atomic E-state index is 0.662. The molecule has 0 aliphatic carbocycles.